The van der Waals surface area contributed by atoms with E-state index in [2.05, 4.69) is 9.88 Å². The van der Waals surface area contributed by atoms with Crippen LogP contribution in [0.1, 0.15) is 31.0 Å². The molecule has 3 rings (SSSR count). The third-order valence-corrected chi connectivity index (χ3v) is 6.05. The maximum atomic E-state index is 13.2. The van der Waals surface area contributed by atoms with Gasteiger partial charge in [-0.2, -0.15) is 0 Å². The summed E-state index contributed by atoms with van der Waals surface area (Å²) in [6.07, 6.45) is 3.03. The van der Waals surface area contributed by atoms with Gasteiger partial charge in [0.15, 0.2) is 11.5 Å². The summed E-state index contributed by atoms with van der Waals surface area (Å²) in [5.74, 6) is -0.507. The van der Waals surface area contributed by atoms with Crippen LogP contribution in [0.3, 0.4) is 0 Å². The molecule has 9 nitrogen and oxygen atoms in total. The van der Waals surface area contributed by atoms with Gasteiger partial charge in [-0.15, -0.1) is 0 Å². The monoisotopic (exact) mass is 469 g/mol. The lowest BCUT2D eigenvalue weighted by Crippen LogP contribution is -2.38. The van der Waals surface area contributed by atoms with Gasteiger partial charge in [0.05, 0.1) is 32.9 Å². The molecule has 1 N–H and O–H groups in total. The van der Waals surface area contributed by atoms with Crippen LogP contribution in [0.15, 0.2) is 42.2 Å². The average molecular weight is 470 g/mol. The van der Waals surface area contributed by atoms with E-state index in [1.165, 1.54) is 38.6 Å². The standard InChI is InChI=1S/C25H31N3O6/c1-6-27(7-2)12-13-28-21(17-14-18(32-3)24(34-5)19(15-17)33-4)20(23(30)25(28)31)22(29)16-8-10-26-11-9-16/h8-11,14-15,21,29H,6-7,12-13H2,1-5H3/t21-/m1/s1. The first-order valence-electron chi connectivity index (χ1n) is 11.1. The number of rotatable bonds is 10. The number of aliphatic hydroxyl groups is 1. The maximum Gasteiger partial charge on any atom is 0.295 e. The SMILES string of the molecule is CCN(CC)CCN1C(=O)C(=O)C(=C(O)c2ccncc2)[C@H]1c1cc(OC)c(OC)c(OC)c1. The number of hydrogen-bond acceptors (Lipinski definition) is 8. The molecule has 2 aromatic rings. The molecule has 0 unspecified atom stereocenters. The molecule has 9 heteroatoms. The molecule has 0 aliphatic carbocycles. The fourth-order valence-corrected chi connectivity index (χ4v) is 4.17. The molecule has 2 heterocycles. The summed E-state index contributed by atoms with van der Waals surface area (Å²) in [4.78, 5) is 34.0. The van der Waals surface area contributed by atoms with Crippen LogP contribution in [0.25, 0.3) is 5.76 Å². The number of nitrogens with zero attached hydrogens (tertiary/aromatic N) is 3. The highest BCUT2D eigenvalue weighted by Crippen LogP contribution is 2.45. The number of carbonyl (C=O) groups is 2. The predicted octanol–water partition coefficient (Wildman–Crippen LogP) is 2.87. The summed E-state index contributed by atoms with van der Waals surface area (Å²) in [5.41, 5.74) is 0.961. The van der Waals surface area contributed by atoms with Crippen molar-refractivity contribution in [3.8, 4) is 17.2 Å². The second-order valence-electron chi connectivity index (χ2n) is 7.71. The molecule has 1 atom stereocenters. The lowest BCUT2D eigenvalue weighted by molar-refractivity contribution is -0.140. The van der Waals surface area contributed by atoms with Crippen LogP contribution in [0.5, 0.6) is 17.2 Å². The molecular weight excluding hydrogens is 438 g/mol. The normalized spacial score (nSPS) is 17.4. The topological polar surface area (TPSA) is 101 Å². The summed E-state index contributed by atoms with van der Waals surface area (Å²) in [6.45, 7) is 6.59. The lowest BCUT2D eigenvalue weighted by Gasteiger charge is -2.29. The van der Waals surface area contributed by atoms with Gasteiger partial charge >= 0.3 is 0 Å². The Hall–Kier alpha value is -3.59. The Balaban J connectivity index is 2.21. The zero-order chi connectivity index (χ0) is 24.8. The van der Waals surface area contributed by atoms with Gasteiger partial charge in [-0.05, 0) is 42.9 Å². The van der Waals surface area contributed by atoms with Crippen LogP contribution in [-0.4, -0.2) is 79.1 Å². The van der Waals surface area contributed by atoms with E-state index in [1.54, 1.807) is 24.3 Å². The van der Waals surface area contributed by atoms with Gasteiger partial charge in [0.25, 0.3) is 11.7 Å². The van der Waals surface area contributed by atoms with Crippen LogP contribution < -0.4 is 14.2 Å². The van der Waals surface area contributed by atoms with Gasteiger partial charge < -0.3 is 29.1 Å². The highest BCUT2D eigenvalue weighted by molar-refractivity contribution is 6.46. The number of benzene rings is 1. The molecule has 0 saturated carbocycles. The minimum Gasteiger partial charge on any atom is -0.507 e. The molecule has 182 valence electrons. The van der Waals surface area contributed by atoms with Crippen LogP contribution in [0, 0.1) is 0 Å². The Kier molecular flexibility index (Phi) is 8.12. The van der Waals surface area contributed by atoms with Crippen LogP contribution in [0.2, 0.25) is 0 Å². The van der Waals surface area contributed by atoms with Crippen molar-refractivity contribution in [2.24, 2.45) is 0 Å². The molecule has 1 aromatic carbocycles. The van der Waals surface area contributed by atoms with Crippen LogP contribution in [-0.2, 0) is 9.59 Å². The number of aromatic nitrogens is 1. The number of amides is 1. The largest absolute Gasteiger partial charge is 0.507 e. The third-order valence-electron chi connectivity index (χ3n) is 6.05. The molecular formula is C25H31N3O6. The minimum atomic E-state index is -0.836. The van der Waals surface area contributed by atoms with Crippen molar-refractivity contribution in [3.05, 3.63) is 53.4 Å². The Labute approximate surface area is 199 Å². The first-order valence-corrected chi connectivity index (χ1v) is 11.1. The molecule has 1 aromatic heterocycles. The maximum absolute atomic E-state index is 13.2. The number of methoxy groups -OCH3 is 3. The number of carbonyl (C=O) groups excluding carboxylic acids is 2. The Bertz CT molecular complexity index is 1040. The number of likely N-dealkylation sites (N-methyl/N-ethyl adjacent to an activating group) is 1. The van der Waals surface area contributed by atoms with Crippen molar-refractivity contribution >= 4 is 17.4 Å². The summed E-state index contributed by atoms with van der Waals surface area (Å²) in [7, 11) is 4.49. The van der Waals surface area contributed by atoms with E-state index in [0.717, 1.165) is 13.1 Å². The van der Waals surface area contributed by atoms with E-state index in [1.807, 2.05) is 13.8 Å². The molecule has 1 fully saturated rings. The second kappa shape index (κ2) is 11.0. The number of ether oxygens (including phenoxy) is 3. The Morgan fingerprint density at radius 3 is 2.12 bits per heavy atom. The summed E-state index contributed by atoms with van der Waals surface area (Å²) < 4.78 is 16.4. The molecule has 0 spiro atoms. The first-order chi connectivity index (χ1) is 16.4. The zero-order valence-electron chi connectivity index (χ0n) is 20.2. The number of hydrogen-bond donors (Lipinski definition) is 1. The van der Waals surface area contributed by atoms with Crippen molar-refractivity contribution in [2.45, 2.75) is 19.9 Å². The van der Waals surface area contributed by atoms with Crippen molar-refractivity contribution in [3.63, 3.8) is 0 Å². The van der Waals surface area contributed by atoms with Crippen molar-refractivity contribution in [2.75, 3.05) is 47.5 Å². The summed E-state index contributed by atoms with van der Waals surface area (Å²) in [5, 5.41) is 11.1. The molecule has 1 amide bonds. The van der Waals surface area contributed by atoms with E-state index in [-0.39, 0.29) is 11.3 Å². The highest BCUT2D eigenvalue weighted by atomic mass is 16.5. The number of aliphatic hydroxyl groups excluding tert-OH is 1. The molecule has 34 heavy (non-hydrogen) atoms. The number of ketones is 1. The van der Waals surface area contributed by atoms with E-state index in [4.69, 9.17) is 14.2 Å². The Morgan fingerprint density at radius 2 is 1.62 bits per heavy atom. The van der Waals surface area contributed by atoms with Gasteiger partial charge in [-0.3, -0.25) is 14.6 Å². The number of Topliss-reactive ketones (excluding diaryl/α,β-unsaturated/α-hetero) is 1. The van der Waals surface area contributed by atoms with Crippen LogP contribution in [0.4, 0.5) is 0 Å². The molecule has 0 radical (unpaired) electrons. The molecule has 1 saturated heterocycles. The number of pyridine rings is 1. The smallest absolute Gasteiger partial charge is 0.295 e. The summed E-state index contributed by atoms with van der Waals surface area (Å²) in [6, 6.07) is 5.73. The van der Waals surface area contributed by atoms with Gasteiger partial charge in [-0.25, -0.2) is 0 Å². The zero-order valence-corrected chi connectivity index (χ0v) is 20.2. The van der Waals surface area contributed by atoms with Gasteiger partial charge in [0.1, 0.15) is 5.76 Å². The van der Waals surface area contributed by atoms with E-state index in [9.17, 15) is 14.7 Å². The van der Waals surface area contributed by atoms with Crippen LogP contribution >= 0.6 is 0 Å². The predicted molar refractivity (Wildman–Crippen MR) is 127 cm³/mol. The van der Waals surface area contributed by atoms with E-state index < -0.39 is 17.7 Å². The molecule has 1 aliphatic heterocycles. The van der Waals surface area contributed by atoms with Gasteiger partial charge in [0.2, 0.25) is 5.75 Å². The van der Waals surface area contributed by atoms with Gasteiger partial charge in [-0.1, -0.05) is 13.8 Å². The van der Waals surface area contributed by atoms with Gasteiger partial charge in [0, 0.05) is 31.0 Å². The second-order valence-corrected chi connectivity index (χ2v) is 7.71. The lowest BCUT2D eigenvalue weighted by atomic mass is 9.95. The molecule has 1 aliphatic rings. The molecule has 0 bridgehead atoms. The quantitative estimate of drug-likeness (QED) is 0.322. The van der Waals surface area contributed by atoms with Crippen molar-refractivity contribution < 1.29 is 28.9 Å². The number of likely N-dealkylation sites (tertiary alicyclic amines) is 1. The van der Waals surface area contributed by atoms with E-state index >= 15 is 0 Å². The summed E-state index contributed by atoms with van der Waals surface area (Å²) >= 11 is 0. The highest BCUT2D eigenvalue weighted by Gasteiger charge is 2.46. The Morgan fingerprint density at radius 1 is 1.03 bits per heavy atom. The van der Waals surface area contributed by atoms with Crippen molar-refractivity contribution in [1.29, 1.82) is 0 Å². The average Bonchev–Trinajstić information content (AvgIpc) is 3.13. The third kappa shape index (κ3) is 4.70. The first kappa shape index (κ1) is 25.0. The minimum absolute atomic E-state index is 0.00465. The van der Waals surface area contributed by atoms with Crippen molar-refractivity contribution in [1.82, 2.24) is 14.8 Å². The van der Waals surface area contributed by atoms with E-state index in [0.29, 0.717) is 41.5 Å². The fourth-order valence-electron chi connectivity index (χ4n) is 4.17. The fraction of sp³-hybridized carbons (Fsp3) is 0.400.